The number of rotatable bonds is 5. The van der Waals surface area contributed by atoms with E-state index in [1.807, 2.05) is 6.07 Å². The van der Waals surface area contributed by atoms with Crippen molar-refractivity contribution < 1.29 is 9.53 Å². The molecule has 0 atom stereocenters. The standard InChI is InChI=1S/C19H15ClN4O3/c1-13(25)27-16-9-7-14(8-10-16)11-21-23-17-12-22-24(19(26)18(17)20)15-5-3-2-4-6-15/h2-12,23H,1H3/b21-11-. The lowest BCUT2D eigenvalue weighted by molar-refractivity contribution is -0.131. The number of hydrogen-bond donors (Lipinski definition) is 1. The van der Waals surface area contributed by atoms with Gasteiger partial charge >= 0.3 is 5.97 Å². The minimum absolute atomic E-state index is 0.0174. The summed E-state index contributed by atoms with van der Waals surface area (Å²) in [6.07, 6.45) is 2.97. The first-order chi connectivity index (χ1) is 13.0. The third-order valence-corrected chi connectivity index (χ3v) is 3.83. The number of ether oxygens (including phenoxy) is 1. The van der Waals surface area contributed by atoms with Crippen LogP contribution in [0.3, 0.4) is 0 Å². The molecular weight excluding hydrogens is 368 g/mol. The fourth-order valence-corrected chi connectivity index (χ4v) is 2.40. The van der Waals surface area contributed by atoms with E-state index < -0.39 is 5.56 Å². The Morgan fingerprint density at radius 1 is 1.19 bits per heavy atom. The molecule has 1 aromatic heterocycles. The predicted octanol–water partition coefficient (Wildman–Crippen LogP) is 3.26. The number of hydrazone groups is 1. The molecule has 3 aromatic rings. The number of carbonyl (C=O) groups is 1. The Labute approximate surface area is 159 Å². The summed E-state index contributed by atoms with van der Waals surface area (Å²) >= 11 is 6.14. The Balaban J connectivity index is 1.73. The van der Waals surface area contributed by atoms with Crippen LogP contribution in [-0.2, 0) is 4.79 Å². The van der Waals surface area contributed by atoms with Crippen molar-refractivity contribution >= 4 is 29.5 Å². The van der Waals surface area contributed by atoms with E-state index in [4.69, 9.17) is 16.3 Å². The molecule has 0 spiro atoms. The molecule has 0 fully saturated rings. The van der Waals surface area contributed by atoms with E-state index in [9.17, 15) is 9.59 Å². The van der Waals surface area contributed by atoms with Gasteiger partial charge in [-0.1, -0.05) is 29.8 Å². The van der Waals surface area contributed by atoms with E-state index in [0.717, 1.165) is 5.56 Å². The van der Waals surface area contributed by atoms with Crippen molar-refractivity contribution in [1.29, 1.82) is 0 Å². The maximum Gasteiger partial charge on any atom is 0.308 e. The number of hydrogen-bond acceptors (Lipinski definition) is 6. The highest BCUT2D eigenvalue weighted by atomic mass is 35.5. The van der Waals surface area contributed by atoms with Crippen molar-refractivity contribution in [3.05, 3.63) is 81.7 Å². The Hall–Kier alpha value is -3.45. The van der Waals surface area contributed by atoms with Gasteiger partial charge in [0.2, 0.25) is 0 Å². The summed E-state index contributed by atoms with van der Waals surface area (Å²) in [6.45, 7) is 1.34. The largest absolute Gasteiger partial charge is 0.427 e. The number of anilines is 1. The van der Waals surface area contributed by atoms with Gasteiger partial charge in [0.25, 0.3) is 5.56 Å². The van der Waals surface area contributed by atoms with Crippen molar-refractivity contribution in [1.82, 2.24) is 9.78 Å². The van der Waals surface area contributed by atoms with Gasteiger partial charge in [-0.2, -0.15) is 14.9 Å². The molecule has 0 radical (unpaired) electrons. The molecule has 0 bridgehead atoms. The van der Waals surface area contributed by atoms with Crippen LogP contribution in [0.25, 0.3) is 5.69 Å². The van der Waals surface area contributed by atoms with E-state index in [-0.39, 0.29) is 11.0 Å². The van der Waals surface area contributed by atoms with Crippen molar-refractivity contribution in [2.45, 2.75) is 6.92 Å². The molecule has 2 aromatic carbocycles. The van der Waals surface area contributed by atoms with Gasteiger partial charge in [-0.15, -0.1) is 0 Å². The molecule has 27 heavy (non-hydrogen) atoms. The molecule has 0 aliphatic rings. The zero-order valence-corrected chi connectivity index (χ0v) is 15.1. The average Bonchev–Trinajstić information content (AvgIpc) is 2.67. The first-order valence-electron chi connectivity index (χ1n) is 7.95. The quantitative estimate of drug-likeness (QED) is 0.317. The number of aromatic nitrogens is 2. The highest BCUT2D eigenvalue weighted by molar-refractivity contribution is 6.32. The predicted molar refractivity (Wildman–Crippen MR) is 104 cm³/mol. The topological polar surface area (TPSA) is 85.6 Å². The van der Waals surface area contributed by atoms with Gasteiger partial charge in [0.05, 0.1) is 18.1 Å². The molecule has 136 valence electrons. The summed E-state index contributed by atoms with van der Waals surface area (Å²) in [4.78, 5) is 23.3. The monoisotopic (exact) mass is 382 g/mol. The number of nitrogens with zero attached hydrogens (tertiary/aromatic N) is 3. The van der Waals surface area contributed by atoms with E-state index in [0.29, 0.717) is 17.1 Å². The van der Waals surface area contributed by atoms with Gasteiger partial charge in [0.15, 0.2) is 0 Å². The summed E-state index contributed by atoms with van der Waals surface area (Å²) in [5.41, 5.74) is 3.93. The second-order valence-electron chi connectivity index (χ2n) is 5.46. The SMILES string of the molecule is CC(=O)Oc1ccc(/C=N\Nc2cnn(-c3ccccc3)c(=O)c2Cl)cc1. The molecular formula is C19H15ClN4O3. The second-order valence-corrected chi connectivity index (χ2v) is 5.84. The normalized spacial score (nSPS) is 10.7. The molecule has 0 saturated carbocycles. The number of halogens is 1. The van der Waals surface area contributed by atoms with E-state index in [1.54, 1.807) is 48.5 Å². The maximum atomic E-state index is 12.4. The molecule has 0 unspecified atom stereocenters. The first-order valence-corrected chi connectivity index (χ1v) is 8.33. The number of carbonyl (C=O) groups excluding carboxylic acids is 1. The van der Waals surface area contributed by atoms with Crippen LogP contribution in [0.2, 0.25) is 5.02 Å². The molecule has 8 heteroatoms. The van der Waals surface area contributed by atoms with Gasteiger partial charge in [-0.05, 0) is 42.0 Å². The molecule has 0 amide bonds. The summed E-state index contributed by atoms with van der Waals surface area (Å²) in [5, 5.41) is 8.14. The summed E-state index contributed by atoms with van der Waals surface area (Å²) in [6, 6.07) is 15.7. The Morgan fingerprint density at radius 2 is 1.89 bits per heavy atom. The average molecular weight is 383 g/mol. The van der Waals surface area contributed by atoms with Crippen LogP contribution in [0.4, 0.5) is 5.69 Å². The van der Waals surface area contributed by atoms with Crippen molar-refractivity contribution in [2.24, 2.45) is 5.10 Å². The van der Waals surface area contributed by atoms with Crippen LogP contribution < -0.4 is 15.7 Å². The lowest BCUT2D eigenvalue weighted by Gasteiger charge is -2.07. The van der Waals surface area contributed by atoms with Gasteiger partial charge < -0.3 is 4.74 Å². The van der Waals surface area contributed by atoms with Crippen molar-refractivity contribution in [3.8, 4) is 11.4 Å². The first kappa shape index (κ1) is 18.3. The van der Waals surface area contributed by atoms with E-state index >= 15 is 0 Å². The fraction of sp³-hybridized carbons (Fsp3) is 0.0526. The zero-order valence-electron chi connectivity index (χ0n) is 14.3. The minimum Gasteiger partial charge on any atom is -0.427 e. The summed E-state index contributed by atoms with van der Waals surface area (Å²) < 4.78 is 6.17. The molecule has 1 N–H and O–H groups in total. The van der Waals surface area contributed by atoms with Gasteiger partial charge in [-0.25, -0.2) is 0 Å². The Morgan fingerprint density at radius 3 is 2.56 bits per heavy atom. The third-order valence-electron chi connectivity index (χ3n) is 3.46. The van der Waals surface area contributed by atoms with E-state index in [2.05, 4.69) is 15.6 Å². The summed E-state index contributed by atoms with van der Waals surface area (Å²) in [7, 11) is 0. The van der Waals surface area contributed by atoms with Crippen LogP contribution in [-0.4, -0.2) is 22.0 Å². The van der Waals surface area contributed by atoms with Crippen LogP contribution in [0.15, 0.2) is 70.7 Å². The number of nitrogens with one attached hydrogen (secondary N) is 1. The Bertz CT molecular complexity index is 1030. The van der Waals surface area contributed by atoms with Crippen LogP contribution in [0, 0.1) is 0 Å². The molecule has 0 aliphatic carbocycles. The lowest BCUT2D eigenvalue weighted by Crippen LogP contribution is -2.22. The highest BCUT2D eigenvalue weighted by Crippen LogP contribution is 2.17. The number of esters is 1. The van der Waals surface area contributed by atoms with Crippen molar-refractivity contribution in [2.75, 3.05) is 5.43 Å². The van der Waals surface area contributed by atoms with Gasteiger partial charge in [-0.3, -0.25) is 15.0 Å². The third kappa shape index (κ3) is 4.59. The van der Waals surface area contributed by atoms with Crippen LogP contribution in [0.5, 0.6) is 5.75 Å². The Kier molecular flexibility index (Phi) is 5.63. The van der Waals surface area contributed by atoms with E-state index in [1.165, 1.54) is 24.0 Å². The fourth-order valence-electron chi connectivity index (χ4n) is 2.23. The number of para-hydroxylation sites is 1. The van der Waals surface area contributed by atoms with Gasteiger partial charge in [0, 0.05) is 6.92 Å². The van der Waals surface area contributed by atoms with Crippen molar-refractivity contribution in [3.63, 3.8) is 0 Å². The molecule has 1 heterocycles. The van der Waals surface area contributed by atoms with Crippen LogP contribution in [0.1, 0.15) is 12.5 Å². The maximum absolute atomic E-state index is 12.4. The minimum atomic E-state index is -0.450. The number of benzene rings is 2. The molecule has 0 saturated heterocycles. The second kappa shape index (κ2) is 8.29. The highest BCUT2D eigenvalue weighted by Gasteiger charge is 2.09. The smallest absolute Gasteiger partial charge is 0.308 e. The molecule has 0 aliphatic heterocycles. The molecule has 3 rings (SSSR count). The lowest BCUT2D eigenvalue weighted by atomic mass is 10.2. The molecule has 7 nitrogen and oxygen atoms in total. The zero-order chi connectivity index (χ0) is 19.2. The van der Waals surface area contributed by atoms with Gasteiger partial charge in [0.1, 0.15) is 16.5 Å². The summed E-state index contributed by atoms with van der Waals surface area (Å²) in [5.74, 6) is 0.0647. The van der Waals surface area contributed by atoms with Crippen LogP contribution >= 0.6 is 11.6 Å².